The minimum absolute atomic E-state index is 0.0534. The third-order valence-electron chi connectivity index (χ3n) is 5.89. The summed E-state index contributed by atoms with van der Waals surface area (Å²) in [6.45, 7) is 0.142. The predicted molar refractivity (Wildman–Crippen MR) is 115 cm³/mol. The van der Waals surface area contributed by atoms with Crippen LogP contribution in [-0.2, 0) is 36.0 Å². The fraction of sp³-hybridized carbons (Fsp3) is 0.556. The average Bonchev–Trinajstić information content (AvgIpc) is 3.25. The maximum atomic E-state index is 13.5. The number of carboxylic acids is 1. The molecular weight excluding hydrogens is 494 g/mol. The molecule has 0 aliphatic carbocycles. The number of methoxy groups -OCH3 is 1. The Morgan fingerprint density at radius 3 is 2.65 bits per heavy atom. The Morgan fingerprint density at radius 1 is 1.29 bits per heavy atom. The molecule has 2 amide bonds. The van der Waals surface area contributed by atoms with Gasteiger partial charge in [0.25, 0.3) is 11.8 Å². The number of amides is 2. The Hall–Kier alpha value is -2.98. The first kappa shape index (κ1) is 24.2. The first-order chi connectivity index (χ1) is 16.0. The third kappa shape index (κ3) is 3.84. The largest absolute Gasteiger partial charge is 0.480 e. The van der Waals surface area contributed by atoms with Gasteiger partial charge >= 0.3 is 17.1 Å². The van der Waals surface area contributed by atoms with Crippen LogP contribution < -0.4 is 11.1 Å². The molecule has 3 aliphatic rings. The van der Waals surface area contributed by atoms with E-state index in [0.717, 1.165) is 21.6 Å². The number of aromatic amines is 1. The molecule has 1 aromatic rings. The molecule has 0 spiro atoms. The van der Waals surface area contributed by atoms with Crippen LogP contribution in [0.15, 0.2) is 26.0 Å². The number of aromatic nitrogens is 3. The molecule has 1 aromatic heterocycles. The topological polar surface area (TPSA) is 189 Å². The number of aryl methyl sites for hydroxylation is 1. The zero-order chi connectivity index (χ0) is 24.9. The van der Waals surface area contributed by atoms with Crippen LogP contribution in [0.1, 0.15) is 12.8 Å². The summed E-state index contributed by atoms with van der Waals surface area (Å²) in [5.74, 6) is -3.40. The number of hydrogen-bond donors (Lipinski definition) is 2. The molecule has 184 valence electrons. The van der Waals surface area contributed by atoms with Gasteiger partial charge in [0, 0.05) is 26.5 Å². The van der Waals surface area contributed by atoms with Gasteiger partial charge in [0.2, 0.25) is 0 Å². The number of carbonyl (C=O) groups is 3. The van der Waals surface area contributed by atoms with Crippen molar-refractivity contribution in [3.05, 3.63) is 32.0 Å². The van der Waals surface area contributed by atoms with Crippen LogP contribution in [0, 0.1) is 0 Å². The Morgan fingerprint density at radius 2 is 2.00 bits per heavy atom. The highest BCUT2D eigenvalue weighted by molar-refractivity contribution is 7.99. The zero-order valence-corrected chi connectivity index (χ0v) is 19.7. The van der Waals surface area contributed by atoms with E-state index in [1.165, 1.54) is 18.8 Å². The van der Waals surface area contributed by atoms with Gasteiger partial charge in [-0.3, -0.25) is 33.9 Å². The molecule has 0 bridgehead atoms. The molecule has 2 fully saturated rings. The van der Waals surface area contributed by atoms with E-state index >= 15 is 0 Å². The minimum atomic E-state index is -3.94. The number of rotatable bonds is 6. The van der Waals surface area contributed by atoms with Gasteiger partial charge in [-0.25, -0.2) is 13.2 Å². The van der Waals surface area contributed by atoms with Crippen LogP contribution in [0.5, 0.6) is 0 Å². The summed E-state index contributed by atoms with van der Waals surface area (Å²) in [5.41, 5.74) is -2.11. The smallest absolute Gasteiger partial charge is 0.339 e. The molecule has 14 nitrogen and oxygen atoms in total. The number of hydrogen-bond acceptors (Lipinski definition) is 10. The predicted octanol–water partition coefficient (Wildman–Crippen LogP) is -2.50. The molecular formula is C18H21N5O9S2. The van der Waals surface area contributed by atoms with Crippen LogP contribution >= 0.6 is 11.8 Å². The van der Waals surface area contributed by atoms with Crippen molar-refractivity contribution in [3.8, 4) is 0 Å². The van der Waals surface area contributed by atoms with Gasteiger partial charge in [0.05, 0.1) is 5.75 Å². The second-order valence-electron chi connectivity index (χ2n) is 8.00. The molecule has 0 aromatic carbocycles. The second kappa shape index (κ2) is 8.66. The number of H-pyrrole nitrogens is 1. The Labute approximate surface area is 196 Å². The van der Waals surface area contributed by atoms with Gasteiger partial charge in [0.15, 0.2) is 26.5 Å². The van der Waals surface area contributed by atoms with Crippen molar-refractivity contribution in [1.82, 2.24) is 24.6 Å². The summed E-state index contributed by atoms with van der Waals surface area (Å²) in [6, 6.07) is -1.10. The lowest BCUT2D eigenvalue weighted by molar-refractivity contribution is -0.162. The monoisotopic (exact) mass is 515 g/mol. The minimum Gasteiger partial charge on any atom is -0.480 e. The SMILES string of the molecule is CO[C@H]1C(=O)N2C(C(=O)N3CCCC3C(=O)O)=C(CSc3nc(=O)c(=O)[nH]n3C)CS(=O)(=O)[C@H]12. The van der Waals surface area contributed by atoms with E-state index in [1.54, 1.807) is 0 Å². The summed E-state index contributed by atoms with van der Waals surface area (Å²) in [4.78, 5) is 66.6. The van der Waals surface area contributed by atoms with Crippen LogP contribution in [0.4, 0.5) is 0 Å². The number of fused-ring (bicyclic) bond motifs is 1. The molecule has 34 heavy (non-hydrogen) atoms. The molecule has 0 saturated carbocycles. The molecule has 4 heterocycles. The standard InChI is InChI=1S/C18H21N5O9S2/c1-21-18(19-12(24)13(25)20-21)33-6-8-7-34(30,31)16-11(32-2)15(27)23(16)10(8)14(26)22-5-3-4-9(22)17(28)29/h9,11,16H,3-7H2,1-2H3,(H,20,25)(H,28,29)/t9?,11-,16+/m0/s1. The lowest BCUT2D eigenvalue weighted by Crippen LogP contribution is -2.71. The van der Waals surface area contributed by atoms with Gasteiger partial charge in [-0.1, -0.05) is 11.8 Å². The Bertz CT molecular complexity index is 1330. The molecule has 4 rings (SSSR count). The van der Waals surface area contributed by atoms with E-state index in [1.807, 2.05) is 0 Å². The highest BCUT2D eigenvalue weighted by Crippen LogP contribution is 2.40. The highest BCUT2D eigenvalue weighted by atomic mass is 32.2. The van der Waals surface area contributed by atoms with E-state index in [-0.39, 0.29) is 35.1 Å². The highest BCUT2D eigenvalue weighted by Gasteiger charge is 2.61. The van der Waals surface area contributed by atoms with Crippen molar-refractivity contribution in [2.24, 2.45) is 7.05 Å². The van der Waals surface area contributed by atoms with Crippen molar-refractivity contribution in [2.45, 2.75) is 35.5 Å². The van der Waals surface area contributed by atoms with Gasteiger partial charge < -0.3 is 14.7 Å². The number of thioether (sulfide) groups is 1. The number of likely N-dealkylation sites (tertiary alicyclic amines) is 1. The van der Waals surface area contributed by atoms with Crippen molar-refractivity contribution in [2.75, 3.05) is 25.2 Å². The van der Waals surface area contributed by atoms with E-state index in [2.05, 4.69) is 10.1 Å². The summed E-state index contributed by atoms with van der Waals surface area (Å²) in [6.07, 6.45) is -0.588. The van der Waals surface area contributed by atoms with Crippen LogP contribution in [-0.4, -0.2) is 98.6 Å². The number of aliphatic carboxylic acids is 1. The molecule has 16 heteroatoms. The molecule has 2 N–H and O–H groups in total. The van der Waals surface area contributed by atoms with E-state index in [4.69, 9.17) is 4.74 Å². The molecule has 3 atom stereocenters. The maximum Gasteiger partial charge on any atom is 0.339 e. The van der Waals surface area contributed by atoms with E-state index in [9.17, 15) is 37.5 Å². The second-order valence-corrected chi connectivity index (χ2v) is 11.0. The Balaban J connectivity index is 1.77. The number of carboxylic acid groups (broad SMARTS) is 1. The number of β-lactam (4-membered cyclic amide) rings is 1. The van der Waals surface area contributed by atoms with Gasteiger partial charge in [0.1, 0.15) is 11.7 Å². The lowest BCUT2D eigenvalue weighted by Gasteiger charge is -2.49. The number of nitrogens with one attached hydrogen (secondary N) is 1. The van der Waals surface area contributed by atoms with Crippen LogP contribution in [0.2, 0.25) is 0 Å². The van der Waals surface area contributed by atoms with Crippen molar-refractivity contribution >= 4 is 39.4 Å². The van der Waals surface area contributed by atoms with Crippen molar-refractivity contribution in [1.29, 1.82) is 0 Å². The first-order valence-corrected chi connectivity index (χ1v) is 12.8. The Kier molecular flexibility index (Phi) is 6.15. The number of carbonyl (C=O) groups excluding carboxylic acids is 2. The fourth-order valence-corrected chi connectivity index (χ4v) is 7.40. The zero-order valence-electron chi connectivity index (χ0n) is 18.1. The van der Waals surface area contributed by atoms with Crippen LogP contribution in [0.3, 0.4) is 0 Å². The average molecular weight is 516 g/mol. The van der Waals surface area contributed by atoms with Gasteiger partial charge in [-0.2, -0.15) is 4.98 Å². The van der Waals surface area contributed by atoms with Crippen molar-refractivity contribution in [3.63, 3.8) is 0 Å². The number of nitrogens with zero attached hydrogens (tertiary/aromatic N) is 4. The maximum absolute atomic E-state index is 13.5. The van der Waals surface area contributed by atoms with E-state index < -0.39 is 62.0 Å². The summed E-state index contributed by atoms with van der Waals surface area (Å²) in [5, 5.41) is 10.4. The molecule has 2 saturated heterocycles. The van der Waals surface area contributed by atoms with Crippen LogP contribution in [0.25, 0.3) is 0 Å². The number of ether oxygens (including phenoxy) is 1. The quantitative estimate of drug-likeness (QED) is 0.231. The summed E-state index contributed by atoms with van der Waals surface area (Å²) in [7, 11) is -1.33. The fourth-order valence-electron chi connectivity index (χ4n) is 4.32. The number of sulfone groups is 1. The lowest BCUT2D eigenvalue weighted by atomic mass is 10.0. The summed E-state index contributed by atoms with van der Waals surface area (Å²) >= 11 is 0.886. The van der Waals surface area contributed by atoms with Gasteiger partial charge in [-0.15, -0.1) is 0 Å². The third-order valence-corrected chi connectivity index (χ3v) is 8.95. The first-order valence-electron chi connectivity index (χ1n) is 10.1. The normalized spacial score (nSPS) is 25.8. The molecule has 0 radical (unpaired) electrons. The molecule has 3 aliphatic heterocycles. The van der Waals surface area contributed by atoms with Crippen molar-refractivity contribution < 1.29 is 32.6 Å². The van der Waals surface area contributed by atoms with Gasteiger partial charge in [-0.05, 0) is 18.4 Å². The summed E-state index contributed by atoms with van der Waals surface area (Å²) < 4.78 is 32.1. The van der Waals surface area contributed by atoms with E-state index in [0.29, 0.717) is 6.42 Å². The molecule has 1 unspecified atom stereocenters.